The molecule has 1 aliphatic heterocycles. The number of rotatable bonds is 4. The SMILES string of the molecule is CCc1nc2ccc(C3CCN(C(=O)O)CC3)cn2c1N(C)C=O. The van der Waals surface area contributed by atoms with Gasteiger partial charge in [0.15, 0.2) is 0 Å². The minimum atomic E-state index is -0.846. The predicted octanol–water partition coefficient (Wildman–Crippen LogP) is 2.35. The Morgan fingerprint density at radius 2 is 2.12 bits per heavy atom. The van der Waals surface area contributed by atoms with Gasteiger partial charge in [0.2, 0.25) is 6.41 Å². The van der Waals surface area contributed by atoms with E-state index in [1.54, 1.807) is 11.9 Å². The Balaban J connectivity index is 1.93. The van der Waals surface area contributed by atoms with Crippen LogP contribution in [0.2, 0.25) is 0 Å². The lowest BCUT2D eigenvalue weighted by atomic mass is 9.90. The number of pyridine rings is 1. The van der Waals surface area contributed by atoms with Gasteiger partial charge in [0.25, 0.3) is 0 Å². The highest BCUT2D eigenvalue weighted by atomic mass is 16.4. The summed E-state index contributed by atoms with van der Waals surface area (Å²) in [7, 11) is 1.73. The van der Waals surface area contributed by atoms with Gasteiger partial charge >= 0.3 is 6.09 Å². The lowest BCUT2D eigenvalue weighted by Crippen LogP contribution is -2.36. The number of amides is 2. The summed E-state index contributed by atoms with van der Waals surface area (Å²) in [5.74, 6) is 1.12. The first-order chi connectivity index (χ1) is 11.5. The van der Waals surface area contributed by atoms with Crippen molar-refractivity contribution in [2.75, 3.05) is 25.0 Å². The zero-order valence-corrected chi connectivity index (χ0v) is 14.0. The molecule has 1 saturated heterocycles. The molecule has 0 atom stereocenters. The molecule has 128 valence electrons. The molecule has 0 radical (unpaired) electrons. The minimum Gasteiger partial charge on any atom is -0.465 e. The second kappa shape index (κ2) is 6.51. The van der Waals surface area contributed by atoms with Gasteiger partial charge in [-0.15, -0.1) is 0 Å². The molecule has 0 aliphatic carbocycles. The van der Waals surface area contributed by atoms with Crippen LogP contribution < -0.4 is 4.90 Å². The van der Waals surface area contributed by atoms with Gasteiger partial charge in [0, 0.05) is 26.3 Å². The highest BCUT2D eigenvalue weighted by molar-refractivity contribution is 5.75. The summed E-state index contributed by atoms with van der Waals surface area (Å²) in [5.41, 5.74) is 2.87. The van der Waals surface area contributed by atoms with Crippen LogP contribution >= 0.6 is 0 Å². The molecule has 24 heavy (non-hydrogen) atoms. The van der Waals surface area contributed by atoms with Crippen molar-refractivity contribution >= 4 is 24.0 Å². The topological polar surface area (TPSA) is 78.2 Å². The molecule has 3 rings (SSSR count). The second-order valence-corrected chi connectivity index (χ2v) is 6.19. The highest BCUT2D eigenvalue weighted by Crippen LogP contribution is 2.30. The summed E-state index contributed by atoms with van der Waals surface area (Å²) < 4.78 is 1.96. The van der Waals surface area contributed by atoms with Crippen molar-refractivity contribution in [2.45, 2.75) is 32.1 Å². The number of aromatic nitrogens is 2. The summed E-state index contributed by atoms with van der Waals surface area (Å²) in [6.45, 7) is 3.14. The van der Waals surface area contributed by atoms with Gasteiger partial charge in [0.05, 0.1) is 5.69 Å². The lowest BCUT2D eigenvalue weighted by molar-refractivity contribution is -0.107. The fourth-order valence-electron chi connectivity index (χ4n) is 3.40. The molecular weight excluding hydrogens is 308 g/mol. The van der Waals surface area contributed by atoms with Gasteiger partial charge in [-0.05, 0) is 36.8 Å². The Bertz CT molecular complexity index is 763. The van der Waals surface area contributed by atoms with E-state index >= 15 is 0 Å². The number of piperidine rings is 1. The van der Waals surface area contributed by atoms with Crippen molar-refractivity contribution in [1.82, 2.24) is 14.3 Å². The maximum atomic E-state index is 11.2. The van der Waals surface area contributed by atoms with Crippen LogP contribution in [0.15, 0.2) is 18.3 Å². The average Bonchev–Trinajstić information content (AvgIpc) is 2.98. The van der Waals surface area contributed by atoms with E-state index in [1.807, 2.05) is 23.6 Å². The van der Waals surface area contributed by atoms with Crippen molar-refractivity contribution in [1.29, 1.82) is 0 Å². The Morgan fingerprint density at radius 3 is 2.71 bits per heavy atom. The molecule has 2 aromatic rings. The van der Waals surface area contributed by atoms with Crippen molar-refractivity contribution in [2.24, 2.45) is 0 Å². The minimum absolute atomic E-state index is 0.326. The number of carbonyl (C=O) groups excluding carboxylic acids is 1. The molecule has 3 heterocycles. The van der Waals surface area contributed by atoms with Crippen LogP contribution in [0, 0.1) is 0 Å². The summed E-state index contributed by atoms with van der Waals surface area (Å²) in [6.07, 6.45) is 4.36. The van der Waals surface area contributed by atoms with Crippen LogP contribution in [-0.4, -0.2) is 52.0 Å². The molecule has 1 aliphatic rings. The van der Waals surface area contributed by atoms with Crippen LogP contribution in [0.25, 0.3) is 5.65 Å². The number of hydrogen-bond acceptors (Lipinski definition) is 3. The number of likely N-dealkylation sites (tertiary alicyclic amines) is 1. The van der Waals surface area contributed by atoms with Crippen molar-refractivity contribution in [3.63, 3.8) is 0 Å². The largest absolute Gasteiger partial charge is 0.465 e. The van der Waals surface area contributed by atoms with Gasteiger partial charge in [-0.2, -0.15) is 0 Å². The number of nitrogens with zero attached hydrogens (tertiary/aromatic N) is 4. The molecule has 7 heteroatoms. The van der Waals surface area contributed by atoms with E-state index in [-0.39, 0.29) is 0 Å². The van der Waals surface area contributed by atoms with Crippen molar-refractivity contribution < 1.29 is 14.7 Å². The Kier molecular flexibility index (Phi) is 4.42. The molecule has 0 spiro atoms. The molecule has 0 aromatic carbocycles. The third kappa shape index (κ3) is 2.81. The maximum absolute atomic E-state index is 11.2. The quantitative estimate of drug-likeness (QED) is 0.873. The molecule has 1 fully saturated rings. The van der Waals surface area contributed by atoms with Gasteiger partial charge in [-0.25, -0.2) is 9.78 Å². The van der Waals surface area contributed by atoms with Gasteiger partial charge in [-0.1, -0.05) is 13.0 Å². The number of hydrogen-bond donors (Lipinski definition) is 1. The monoisotopic (exact) mass is 330 g/mol. The van der Waals surface area contributed by atoms with E-state index in [9.17, 15) is 9.59 Å². The first-order valence-corrected chi connectivity index (χ1v) is 8.22. The molecular formula is C17H22N4O3. The summed E-state index contributed by atoms with van der Waals surface area (Å²) in [5, 5.41) is 9.07. The van der Waals surface area contributed by atoms with Crippen LogP contribution in [0.4, 0.5) is 10.6 Å². The number of fused-ring (bicyclic) bond motifs is 1. The van der Waals surface area contributed by atoms with Crippen molar-refractivity contribution in [3.05, 3.63) is 29.6 Å². The van der Waals surface area contributed by atoms with Gasteiger partial charge in [0.1, 0.15) is 11.5 Å². The van der Waals surface area contributed by atoms with Gasteiger partial charge in [-0.3, -0.25) is 9.20 Å². The normalized spacial score (nSPS) is 15.7. The molecule has 7 nitrogen and oxygen atoms in total. The van der Waals surface area contributed by atoms with E-state index in [1.165, 1.54) is 4.90 Å². The summed E-state index contributed by atoms with van der Waals surface area (Å²) in [4.78, 5) is 29.9. The molecule has 0 saturated carbocycles. The fourth-order valence-corrected chi connectivity index (χ4v) is 3.40. The highest BCUT2D eigenvalue weighted by Gasteiger charge is 2.24. The number of anilines is 1. The number of carboxylic acid groups (broad SMARTS) is 1. The predicted molar refractivity (Wildman–Crippen MR) is 90.6 cm³/mol. The van der Waals surface area contributed by atoms with E-state index in [2.05, 4.69) is 11.1 Å². The molecule has 2 amide bonds. The maximum Gasteiger partial charge on any atom is 0.407 e. The zero-order chi connectivity index (χ0) is 17.3. The number of imidazole rings is 1. The number of carbonyl (C=O) groups is 2. The van der Waals surface area contributed by atoms with E-state index in [4.69, 9.17) is 5.11 Å². The lowest BCUT2D eigenvalue weighted by Gasteiger charge is -2.30. The first kappa shape index (κ1) is 16.3. The van der Waals surface area contributed by atoms with Crippen molar-refractivity contribution in [3.8, 4) is 0 Å². The number of aryl methyl sites for hydroxylation is 1. The van der Waals surface area contributed by atoms with Crippen LogP contribution in [0.1, 0.15) is 36.9 Å². The van der Waals surface area contributed by atoms with Crippen LogP contribution in [0.3, 0.4) is 0 Å². The third-order valence-corrected chi connectivity index (χ3v) is 4.75. The molecule has 0 bridgehead atoms. The average molecular weight is 330 g/mol. The van der Waals surface area contributed by atoms with Crippen LogP contribution in [0.5, 0.6) is 0 Å². The smallest absolute Gasteiger partial charge is 0.407 e. The molecule has 2 aromatic heterocycles. The van der Waals surface area contributed by atoms with E-state index in [0.29, 0.717) is 19.0 Å². The Morgan fingerprint density at radius 1 is 1.42 bits per heavy atom. The van der Waals surface area contributed by atoms with E-state index < -0.39 is 6.09 Å². The standard InChI is InChI=1S/C17H22N4O3/c1-3-14-16(19(2)11-22)21-10-13(4-5-15(21)18-14)12-6-8-20(9-7-12)17(23)24/h4-5,10-12H,3,6-9H2,1-2H3,(H,23,24). The molecule has 0 unspecified atom stereocenters. The second-order valence-electron chi connectivity index (χ2n) is 6.19. The zero-order valence-electron chi connectivity index (χ0n) is 14.0. The van der Waals surface area contributed by atoms with E-state index in [0.717, 1.165) is 48.4 Å². The Hall–Kier alpha value is -2.57. The van der Waals surface area contributed by atoms with Crippen LogP contribution in [-0.2, 0) is 11.2 Å². The molecule has 1 N–H and O–H groups in total. The third-order valence-electron chi connectivity index (χ3n) is 4.75. The fraction of sp³-hybridized carbons (Fsp3) is 0.471. The first-order valence-electron chi connectivity index (χ1n) is 8.22. The summed E-state index contributed by atoms with van der Waals surface area (Å²) in [6, 6.07) is 4.04. The Labute approximate surface area is 140 Å². The summed E-state index contributed by atoms with van der Waals surface area (Å²) >= 11 is 0. The van der Waals surface area contributed by atoms with Gasteiger partial charge < -0.3 is 14.9 Å².